The van der Waals surface area contributed by atoms with Crippen LogP contribution in [0.3, 0.4) is 0 Å². The number of nitrogens with zero attached hydrogens (tertiary/aromatic N) is 1. The Hall–Kier alpha value is -1.62. The molecule has 0 saturated carbocycles. The van der Waals surface area contributed by atoms with E-state index in [-0.39, 0.29) is 12.3 Å². The average Bonchev–Trinajstić information content (AvgIpc) is 2.62. The Morgan fingerprint density at radius 1 is 1.67 bits per heavy atom. The quantitative estimate of drug-likeness (QED) is 0.403. The van der Waals surface area contributed by atoms with Gasteiger partial charge in [0.05, 0.1) is 12.7 Å². The summed E-state index contributed by atoms with van der Waals surface area (Å²) < 4.78 is 1.73. The Bertz CT molecular complexity index is 414. The molecule has 0 atom stereocenters. The zero-order valence-electron chi connectivity index (χ0n) is 6.37. The summed E-state index contributed by atoms with van der Waals surface area (Å²) in [6, 6.07) is 0. The van der Waals surface area contributed by atoms with Crippen LogP contribution in [0.2, 0.25) is 0 Å². The van der Waals surface area contributed by atoms with Crippen LogP contribution in [0.1, 0.15) is 10.4 Å². The first-order chi connectivity index (χ1) is 5.83. The number of carbonyl (C=O) groups excluding carboxylic acids is 1. The van der Waals surface area contributed by atoms with Crippen molar-refractivity contribution in [2.75, 3.05) is 6.54 Å². The van der Waals surface area contributed by atoms with Crippen molar-refractivity contribution in [2.45, 2.75) is 0 Å². The number of imidazole rings is 1. The maximum Gasteiger partial charge on any atom is 0.315 e. The minimum atomic E-state index is -0.0730. The first kappa shape index (κ1) is 7.05. The molecule has 0 aromatic carbocycles. The Morgan fingerprint density at radius 3 is 3.25 bits per heavy atom. The predicted molar refractivity (Wildman–Crippen MR) is 41.7 cm³/mol. The lowest BCUT2D eigenvalue weighted by Crippen LogP contribution is -2.20. The van der Waals surface area contributed by atoms with E-state index in [2.05, 4.69) is 10.1 Å². The standard InChI is InChI=1S/C7H8N4O/c8-3-6(12)5-4-10-11-2-1-9-7(5)11/h1-2,4H,3,8H2,(H,9,10,12)/p+1. The van der Waals surface area contributed by atoms with Gasteiger partial charge in [0, 0.05) is 0 Å². The van der Waals surface area contributed by atoms with Crippen LogP contribution in [0.15, 0.2) is 18.6 Å². The summed E-state index contributed by atoms with van der Waals surface area (Å²) in [5.74, 6) is -0.0730. The molecule has 2 rings (SSSR count). The molecule has 12 heavy (non-hydrogen) atoms. The molecule has 62 valence electrons. The molecule has 0 saturated heterocycles. The Labute approximate surface area is 68.2 Å². The summed E-state index contributed by atoms with van der Waals surface area (Å²) in [5, 5.41) is 2.89. The maximum absolute atomic E-state index is 11.2. The summed E-state index contributed by atoms with van der Waals surface area (Å²) >= 11 is 0. The lowest BCUT2D eigenvalue weighted by Gasteiger charge is -1.85. The van der Waals surface area contributed by atoms with E-state index in [0.29, 0.717) is 5.56 Å². The van der Waals surface area contributed by atoms with Crippen LogP contribution < -0.4 is 10.2 Å². The van der Waals surface area contributed by atoms with Crippen LogP contribution in [0.25, 0.3) is 5.65 Å². The van der Waals surface area contributed by atoms with E-state index >= 15 is 0 Å². The summed E-state index contributed by atoms with van der Waals surface area (Å²) in [4.78, 5) is 14.1. The summed E-state index contributed by atoms with van der Waals surface area (Å²) in [6.45, 7) is 0.0343. The molecule has 2 aromatic heterocycles. The van der Waals surface area contributed by atoms with Crippen molar-refractivity contribution < 1.29 is 9.31 Å². The van der Waals surface area contributed by atoms with Crippen molar-refractivity contribution in [3.05, 3.63) is 24.2 Å². The van der Waals surface area contributed by atoms with Crippen LogP contribution in [0.4, 0.5) is 0 Å². The van der Waals surface area contributed by atoms with Gasteiger partial charge in [-0.05, 0) is 0 Å². The van der Waals surface area contributed by atoms with Gasteiger partial charge in [-0.15, -0.1) is 4.52 Å². The minimum absolute atomic E-state index is 0.0343. The predicted octanol–water partition coefficient (Wildman–Crippen LogP) is -0.777. The van der Waals surface area contributed by atoms with Crippen molar-refractivity contribution in [3.63, 3.8) is 0 Å². The number of Topliss-reactive ketones (excluding diaryl/α,β-unsaturated/α-hetero) is 1. The third-order valence-electron chi connectivity index (χ3n) is 1.77. The third-order valence-corrected chi connectivity index (χ3v) is 1.77. The smallest absolute Gasteiger partial charge is 0.315 e. The zero-order valence-corrected chi connectivity index (χ0v) is 6.37. The number of ketones is 1. The largest absolute Gasteiger partial charge is 0.324 e. The van der Waals surface area contributed by atoms with E-state index in [1.165, 1.54) is 0 Å². The molecule has 4 N–H and O–H groups in total. The molecule has 0 spiro atoms. The highest BCUT2D eigenvalue weighted by Crippen LogP contribution is 2.01. The van der Waals surface area contributed by atoms with E-state index in [0.717, 1.165) is 5.65 Å². The van der Waals surface area contributed by atoms with Gasteiger partial charge in [0.2, 0.25) is 0 Å². The number of carbonyl (C=O) groups is 1. The fourth-order valence-corrected chi connectivity index (χ4v) is 1.17. The van der Waals surface area contributed by atoms with Crippen molar-refractivity contribution in [1.29, 1.82) is 0 Å². The average molecular weight is 165 g/mol. The van der Waals surface area contributed by atoms with Gasteiger partial charge < -0.3 is 5.73 Å². The van der Waals surface area contributed by atoms with E-state index in [1.807, 2.05) is 0 Å². The van der Waals surface area contributed by atoms with Gasteiger partial charge in [-0.1, -0.05) is 0 Å². The third kappa shape index (κ3) is 0.835. The number of nitrogens with one attached hydrogen (secondary N) is 2. The van der Waals surface area contributed by atoms with Crippen molar-refractivity contribution in [3.8, 4) is 0 Å². The number of hydrogen-bond acceptors (Lipinski definition) is 2. The minimum Gasteiger partial charge on any atom is -0.324 e. The summed E-state index contributed by atoms with van der Waals surface area (Å²) in [7, 11) is 0. The summed E-state index contributed by atoms with van der Waals surface area (Å²) in [5.41, 5.74) is 6.59. The molecule has 0 amide bonds. The van der Waals surface area contributed by atoms with Crippen molar-refractivity contribution >= 4 is 11.4 Å². The van der Waals surface area contributed by atoms with Crippen LogP contribution in [-0.4, -0.2) is 22.4 Å². The number of hydrogen-bond donors (Lipinski definition) is 3. The number of fused-ring (bicyclic) bond motifs is 1. The van der Waals surface area contributed by atoms with Crippen LogP contribution in [0, 0.1) is 0 Å². The molecule has 0 fully saturated rings. The van der Waals surface area contributed by atoms with Gasteiger partial charge in [0.25, 0.3) is 0 Å². The molecule has 0 bridgehead atoms. The molecular formula is C7H9N4O+. The molecule has 0 radical (unpaired) electrons. The molecule has 0 aliphatic rings. The first-order valence-corrected chi connectivity index (χ1v) is 3.62. The Morgan fingerprint density at radius 2 is 2.50 bits per heavy atom. The second-order valence-electron chi connectivity index (χ2n) is 2.49. The van der Waals surface area contributed by atoms with Gasteiger partial charge in [-0.25, -0.2) is 10.1 Å². The van der Waals surface area contributed by atoms with Gasteiger partial charge in [0.15, 0.2) is 12.0 Å². The van der Waals surface area contributed by atoms with Gasteiger partial charge in [0.1, 0.15) is 11.8 Å². The number of aromatic amines is 2. The monoisotopic (exact) mass is 165 g/mol. The number of nitrogens with two attached hydrogens (primary N) is 1. The number of aromatic nitrogens is 3. The van der Waals surface area contributed by atoms with E-state index in [4.69, 9.17) is 5.73 Å². The van der Waals surface area contributed by atoms with Gasteiger partial charge in [-0.2, -0.15) is 0 Å². The molecule has 5 nitrogen and oxygen atoms in total. The Balaban J connectivity index is 2.61. The Kier molecular flexibility index (Phi) is 1.44. The summed E-state index contributed by atoms with van der Waals surface area (Å²) in [6.07, 6.45) is 5.18. The highest BCUT2D eigenvalue weighted by Gasteiger charge is 2.16. The fourth-order valence-electron chi connectivity index (χ4n) is 1.17. The molecule has 2 heterocycles. The lowest BCUT2D eigenvalue weighted by atomic mass is 10.2. The number of H-pyrrole nitrogens is 2. The van der Waals surface area contributed by atoms with Crippen LogP contribution in [0.5, 0.6) is 0 Å². The fraction of sp³-hybridized carbons (Fsp3) is 0.143. The molecule has 0 aliphatic carbocycles. The zero-order chi connectivity index (χ0) is 8.55. The maximum atomic E-state index is 11.2. The van der Waals surface area contributed by atoms with Crippen molar-refractivity contribution in [1.82, 2.24) is 10.1 Å². The van der Waals surface area contributed by atoms with E-state index < -0.39 is 0 Å². The highest BCUT2D eigenvalue weighted by atomic mass is 16.1. The van der Waals surface area contributed by atoms with Crippen molar-refractivity contribution in [2.24, 2.45) is 5.73 Å². The molecule has 2 aromatic rings. The molecule has 5 heteroatoms. The first-order valence-electron chi connectivity index (χ1n) is 3.62. The molecule has 0 unspecified atom stereocenters. The second-order valence-corrected chi connectivity index (χ2v) is 2.49. The SMILES string of the molecule is NCC(=O)c1c[nH][n+]2cc[nH]c12. The topological polar surface area (TPSA) is 78.8 Å². The van der Waals surface area contributed by atoms with E-state index in [1.54, 1.807) is 23.1 Å². The van der Waals surface area contributed by atoms with E-state index in [9.17, 15) is 4.79 Å². The normalized spacial score (nSPS) is 10.8. The van der Waals surface area contributed by atoms with Crippen LogP contribution in [-0.2, 0) is 0 Å². The van der Waals surface area contributed by atoms with Gasteiger partial charge in [-0.3, -0.25) is 4.79 Å². The lowest BCUT2D eigenvalue weighted by molar-refractivity contribution is -0.574. The molecular weight excluding hydrogens is 156 g/mol. The number of rotatable bonds is 2. The molecule has 0 aliphatic heterocycles. The van der Waals surface area contributed by atoms with Crippen LogP contribution >= 0.6 is 0 Å². The van der Waals surface area contributed by atoms with Gasteiger partial charge >= 0.3 is 5.65 Å². The second kappa shape index (κ2) is 2.46. The highest BCUT2D eigenvalue weighted by molar-refractivity contribution is 6.01.